The number of benzene rings is 1. The van der Waals surface area contributed by atoms with Crippen molar-refractivity contribution in [2.75, 3.05) is 0 Å². The molecule has 0 amide bonds. The number of aryl methyl sites for hydroxylation is 1. The first-order chi connectivity index (χ1) is 8.59. The molecular formula is C11H9N3O2S2. The lowest BCUT2D eigenvalue weighted by Gasteiger charge is -2.02. The number of hydrogen-bond donors (Lipinski definition) is 0. The zero-order chi connectivity index (χ0) is 12.8. The molecule has 0 saturated heterocycles. The van der Waals surface area contributed by atoms with E-state index in [0.29, 0.717) is 4.96 Å². The fraction of sp³-hybridized carbons (Fsp3) is 0.0909. The molecule has 0 aliphatic heterocycles. The lowest BCUT2D eigenvalue weighted by Crippen LogP contribution is -2.06. The number of imidazole rings is 1. The van der Waals surface area contributed by atoms with E-state index in [4.69, 9.17) is 0 Å². The van der Waals surface area contributed by atoms with Crippen LogP contribution >= 0.6 is 11.5 Å². The van der Waals surface area contributed by atoms with E-state index in [1.807, 2.05) is 6.92 Å². The second kappa shape index (κ2) is 3.89. The van der Waals surface area contributed by atoms with Gasteiger partial charge in [-0.05, 0) is 19.1 Å². The van der Waals surface area contributed by atoms with E-state index in [9.17, 15) is 8.42 Å². The highest BCUT2D eigenvalue weighted by molar-refractivity contribution is 7.91. The van der Waals surface area contributed by atoms with Crippen LogP contribution in [0.4, 0.5) is 0 Å². The third-order valence-electron chi connectivity index (χ3n) is 2.59. The van der Waals surface area contributed by atoms with Crippen LogP contribution in [0.5, 0.6) is 0 Å². The average Bonchev–Trinajstić information content (AvgIpc) is 2.90. The Morgan fingerprint density at radius 2 is 1.94 bits per heavy atom. The molecule has 0 aliphatic carbocycles. The van der Waals surface area contributed by atoms with Crippen molar-refractivity contribution in [2.45, 2.75) is 17.0 Å². The van der Waals surface area contributed by atoms with Gasteiger partial charge in [-0.1, -0.05) is 17.7 Å². The monoisotopic (exact) mass is 279 g/mol. The van der Waals surface area contributed by atoms with Gasteiger partial charge in [0.15, 0.2) is 0 Å². The van der Waals surface area contributed by atoms with Gasteiger partial charge in [-0.2, -0.15) is 4.37 Å². The Bertz CT molecular complexity index is 800. The van der Waals surface area contributed by atoms with Crippen LogP contribution < -0.4 is 0 Å². The number of sulfone groups is 1. The Labute approximate surface area is 108 Å². The molecule has 0 aliphatic rings. The first-order valence-electron chi connectivity index (χ1n) is 5.19. The van der Waals surface area contributed by atoms with Crippen LogP contribution in [0.25, 0.3) is 4.96 Å². The molecule has 18 heavy (non-hydrogen) atoms. The van der Waals surface area contributed by atoms with Crippen LogP contribution in [0.2, 0.25) is 0 Å². The Hall–Kier alpha value is -1.73. The molecule has 5 nitrogen and oxygen atoms in total. The van der Waals surface area contributed by atoms with Gasteiger partial charge in [0.25, 0.3) is 0 Å². The summed E-state index contributed by atoms with van der Waals surface area (Å²) in [5.41, 5.74) is 1.01. The second-order valence-electron chi connectivity index (χ2n) is 3.86. The van der Waals surface area contributed by atoms with Crippen LogP contribution in [-0.2, 0) is 9.84 Å². The van der Waals surface area contributed by atoms with Crippen molar-refractivity contribution < 1.29 is 8.42 Å². The summed E-state index contributed by atoms with van der Waals surface area (Å²) in [6.07, 6.45) is 3.15. The van der Waals surface area contributed by atoms with Gasteiger partial charge in [0.2, 0.25) is 20.0 Å². The summed E-state index contributed by atoms with van der Waals surface area (Å²) in [6, 6.07) is 6.72. The van der Waals surface area contributed by atoms with Crippen molar-refractivity contribution in [3.63, 3.8) is 0 Å². The fourth-order valence-corrected chi connectivity index (χ4v) is 3.89. The van der Waals surface area contributed by atoms with Crippen LogP contribution in [0.15, 0.2) is 46.7 Å². The third kappa shape index (κ3) is 1.63. The van der Waals surface area contributed by atoms with Crippen molar-refractivity contribution in [3.05, 3.63) is 42.2 Å². The highest BCUT2D eigenvalue weighted by atomic mass is 32.2. The van der Waals surface area contributed by atoms with Crippen LogP contribution in [0.3, 0.4) is 0 Å². The quantitative estimate of drug-likeness (QED) is 0.719. The molecule has 0 radical (unpaired) electrons. The van der Waals surface area contributed by atoms with E-state index >= 15 is 0 Å². The van der Waals surface area contributed by atoms with Gasteiger partial charge in [-0.3, -0.25) is 4.40 Å². The van der Waals surface area contributed by atoms with E-state index in [2.05, 4.69) is 9.36 Å². The summed E-state index contributed by atoms with van der Waals surface area (Å²) >= 11 is 1.07. The zero-order valence-electron chi connectivity index (χ0n) is 9.44. The smallest absolute Gasteiger partial charge is 0.249 e. The molecule has 0 spiro atoms. The van der Waals surface area contributed by atoms with Gasteiger partial charge >= 0.3 is 0 Å². The number of aromatic nitrogens is 3. The van der Waals surface area contributed by atoms with Crippen LogP contribution in [-0.4, -0.2) is 22.2 Å². The molecule has 0 bridgehead atoms. The van der Waals surface area contributed by atoms with Gasteiger partial charge in [-0.15, -0.1) is 0 Å². The molecular weight excluding hydrogens is 270 g/mol. The first kappa shape index (κ1) is 11.4. The van der Waals surface area contributed by atoms with Gasteiger partial charge in [-0.25, -0.2) is 13.4 Å². The van der Waals surface area contributed by atoms with E-state index in [1.54, 1.807) is 36.7 Å². The molecule has 0 N–H and O–H groups in total. The Morgan fingerprint density at radius 1 is 1.22 bits per heavy atom. The summed E-state index contributed by atoms with van der Waals surface area (Å²) in [7, 11) is -3.59. The van der Waals surface area contributed by atoms with Crippen molar-refractivity contribution in [2.24, 2.45) is 0 Å². The largest absolute Gasteiger partial charge is 0.264 e. The van der Waals surface area contributed by atoms with Crippen LogP contribution in [0, 0.1) is 6.92 Å². The average molecular weight is 279 g/mol. The van der Waals surface area contributed by atoms with Crippen molar-refractivity contribution >= 4 is 26.3 Å². The normalized spacial score (nSPS) is 12.1. The number of nitrogens with zero attached hydrogens (tertiary/aromatic N) is 3. The summed E-state index contributed by atoms with van der Waals surface area (Å²) < 4.78 is 30.3. The topological polar surface area (TPSA) is 64.3 Å². The first-order valence-corrected chi connectivity index (χ1v) is 7.45. The van der Waals surface area contributed by atoms with Crippen LogP contribution in [0.1, 0.15) is 5.56 Å². The lowest BCUT2D eigenvalue weighted by atomic mass is 10.2. The highest BCUT2D eigenvalue weighted by Crippen LogP contribution is 2.22. The Kier molecular flexibility index (Phi) is 2.46. The van der Waals surface area contributed by atoms with E-state index in [1.165, 1.54) is 4.40 Å². The molecule has 0 atom stereocenters. The van der Waals surface area contributed by atoms with E-state index in [0.717, 1.165) is 17.1 Å². The summed E-state index contributed by atoms with van der Waals surface area (Å²) in [4.78, 5) is 4.83. The SMILES string of the molecule is Cc1ccc(S(=O)(=O)c2nsc3nccn23)cc1. The van der Waals surface area contributed by atoms with Gasteiger partial charge in [0.05, 0.1) is 4.90 Å². The molecule has 7 heteroatoms. The maximum Gasteiger partial charge on any atom is 0.249 e. The standard InChI is InChI=1S/C11H9N3O2S2/c1-8-2-4-9(5-3-8)18(15,16)11-13-17-10-12-6-7-14(10)11/h2-7H,1H3. The predicted octanol–water partition coefficient (Wildman–Crippen LogP) is 1.93. The molecule has 0 fully saturated rings. The Balaban J connectivity index is 2.21. The van der Waals surface area contributed by atoms with Gasteiger partial charge < -0.3 is 0 Å². The lowest BCUT2D eigenvalue weighted by molar-refractivity contribution is 0.587. The molecule has 0 saturated carbocycles. The number of rotatable bonds is 2. The summed E-state index contributed by atoms with van der Waals surface area (Å²) in [6.45, 7) is 1.91. The molecule has 3 aromatic rings. The van der Waals surface area contributed by atoms with Gasteiger partial charge in [0, 0.05) is 23.9 Å². The summed E-state index contributed by atoms with van der Waals surface area (Å²) in [5.74, 6) is 0. The van der Waals surface area contributed by atoms with Crippen molar-refractivity contribution in [1.29, 1.82) is 0 Å². The number of fused-ring (bicyclic) bond motifs is 1. The fourth-order valence-electron chi connectivity index (χ4n) is 1.63. The Morgan fingerprint density at radius 3 is 2.67 bits per heavy atom. The second-order valence-corrected chi connectivity index (χ2v) is 6.44. The highest BCUT2D eigenvalue weighted by Gasteiger charge is 2.24. The van der Waals surface area contributed by atoms with Crippen molar-refractivity contribution in [3.8, 4) is 0 Å². The third-order valence-corrected chi connectivity index (χ3v) is 5.10. The predicted molar refractivity (Wildman–Crippen MR) is 67.5 cm³/mol. The minimum Gasteiger partial charge on any atom is -0.264 e. The van der Waals surface area contributed by atoms with Gasteiger partial charge in [0.1, 0.15) is 0 Å². The minimum atomic E-state index is -3.59. The molecule has 0 unspecified atom stereocenters. The maximum absolute atomic E-state index is 12.4. The zero-order valence-corrected chi connectivity index (χ0v) is 11.1. The maximum atomic E-state index is 12.4. The minimum absolute atomic E-state index is 0.0175. The molecule has 1 aromatic carbocycles. The van der Waals surface area contributed by atoms with Crippen molar-refractivity contribution in [1.82, 2.24) is 13.8 Å². The molecule has 2 aromatic heterocycles. The van der Waals surface area contributed by atoms with E-state index in [-0.39, 0.29) is 10.1 Å². The molecule has 2 heterocycles. The molecule has 92 valence electrons. The van der Waals surface area contributed by atoms with E-state index < -0.39 is 9.84 Å². The summed E-state index contributed by atoms with van der Waals surface area (Å²) in [5, 5.41) is 0.0175. The number of hydrogen-bond acceptors (Lipinski definition) is 5. The molecule has 3 rings (SSSR count).